The molecule has 0 bridgehead atoms. The van der Waals surface area contributed by atoms with Crippen LogP contribution >= 0.6 is 8.60 Å². The van der Waals surface area contributed by atoms with Gasteiger partial charge in [0.25, 0.3) is 0 Å². The summed E-state index contributed by atoms with van der Waals surface area (Å²) in [6.45, 7) is 5.40. The molecular weight excluding hydrogens is 440 g/mol. The van der Waals surface area contributed by atoms with E-state index in [0.29, 0.717) is 11.2 Å². The summed E-state index contributed by atoms with van der Waals surface area (Å²) in [5.74, 6) is 0.260. The number of fused-ring (bicyclic) bond motifs is 2. The van der Waals surface area contributed by atoms with E-state index in [9.17, 15) is 0 Å². The summed E-state index contributed by atoms with van der Waals surface area (Å²) in [5.41, 5.74) is 4.73. The zero-order chi connectivity index (χ0) is 22.5. The highest BCUT2D eigenvalue weighted by Gasteiger charge is 2.60. The smallest absolute Gasteiger partial charge is 0.333 e. The van der Waals surface area contributed by atoms with Crippen LogP contribution in [0.4, 0.5) is 10.3 Å². The van der Waals surface area contributed by atoms with Gasteiger partial charge in [0.2, 0.25) is 11.8 Å². The zero-order valence-corrected chi connectivity index (χ0v) is 19.3. The van der Waals surface area contributed by atoms with E-state index in [-0.39, 0.29) is 30.6 Å². The van der Waals surface area contributed by atoms with Crippen molar-refractivity contribution < 1.29 is 27.4 Å². The number of nitrogen functional groups attached to an aromatic ring is 1. The van der Waals surface area contributed by atoms with Crippen LogP contribution in [-0.4, -0.2) is 56.2 Å². The molecule has 2 aromatic rings. The fourth-order valence-electron chi connectivity index (χ4n) is 4.50. The number of alkyl halides is 1. The minimum absolute atomic E-state index is 0.00913. The number of rotatable bonds is 5. The summed E-state index contributed by atoms with van der Waals surface area (Å²) in [7, 11) is -1.63. The van der Waals surface area contributed by atoms with Crippen LogP contribution in [0, 0.1) is 0 Å². The van der Waals surface area contributed by atoms with Crippen molar-refractivity contribution in [1.29, 1.82) is 0 Å². The molecule has 5 rings (SSSR count). The van der Waals surface area contributed by atoms with Gasteiger partial charge in [0.15, 0.2) is 23.1 Å². The molecule has 2 aromatic heterocycles. The Bertz CT molecular complexity index is 969. The largest absolute Gasteiger partial charge is 0.473 e. The van der Waals surface area contributed by atoms with Gasteiger partial charge in [-0.2, -0.15) is 9.97 Å². The van der Waals surface area contributed by atoms with Crippen molar-refractivity contribution in [2.75, 3.05) is 12.3 Å². The van der Waals surface area contributed by atoms with Crippen molar-refractivity contribution in [1.82, 2.24) is 19.5 Å². The molecule has 1 saturated carbocycles. The monoisotopic (exact) mass is 469 g/mol. The summed E-state index contributed by atoms with van der Waals surface area (Å²) in [6.07, 6.45) is 4.44. The number of nitrogens with two attached hydrogens (primary N) is 1. The second-order valence-corrected chi connectivity index (χ2v) is 10.1. The third-order valence-electron chi connectivity index (χ3n) is 6.02. The zero-order valence-electron chi connectivity index (χ0n) is 18.4. The SMILES string of the molecule is CC(C)Oc1nc(N)nc2c1ncn2[C@@H]1O[C@@H]2CO[P@](OC3CCCCC3)O[C@H]2[C@@]1(C)F. The van der Waals surface area contributed by atoms with E-state index in [1.807, 2.05) is 13.8 Å². The van der Waals surface area contributed by atoms with Crippen LogP contribution in [0.1, 0.15) is 59.1 Å². The lowest BCUT2D eigenvalue weighted by Crippen LogP contribution is -2.44. The lowest BCUT2D eigenvalue weighted by atomic mass is 9.98. The highest BCUT2D eigenvalue weighted by atomic mass is 31.2. The van der Waals surface area contributed by atoms with Crippen molar-refractivity contribution in [3.8, 4) is 5.88 Å². The number of imidazole rings is 1. The van der Waals surface area contributed by atoms with E-state index < -0.39 is 32.7 Å². The normalized spacial score (nSPS) is 33.7. The number of hydrogen-bond acceptors (Lipinski definition) is 9. The highest BCUT2D eigenvalue weighted by molar-refractivity contribution is 7.41. The number of anilines is 1. The van der Waals surface area contributed by atoms with Crippen LogP contribution in [0.2, 0.25) is 0 Å². The van der Waals surface area contributed by atoms with Gasteiger partial charge in [-0.1, -0.05) is 19.3 Å². The molecule has 0 radical (unpaired) electrons. The molecule has 3 aliphatic rings. The molecule has 0 amide bonds. The van der Waals surface area contributed by atoms with Crippen LogP contribution in [0.25, 0.3) is 11.2 Å². The molecule has 2 saturated heterocycles. The predicted octanol–water partition coefficient (Wildman–Crippen LogP) is 3.81. The first-order valence-corrected chi connectivity index (χ1v) is 12.2. The van der Waals surface area contributed by atoms with E-state index in [1.165, 1.54) is 24.2 Å². The van der Waals surface area contributed by atoms with Gasteiger partial charge in [-0.25, -0.2) is 9.37 Å². The average molecular weight is 469 g/mol. The fourth-order valence-corrected chi connectivity index (χ4v) is 5.92. The molecule has 2 aliphatic heterocycles. The summed E-state index contributed by atoms with van der Waals surface area (Å²) >= 11 is 0. The Balaban J connectivity index is 1.39. The van der Waals surface area contributed by atoms with Crippen molar-refractivity contribution in [2.45, 2.75) is 89.2 Å². The summed E-state index contributed by atoms with van der Waals surface area (Å²) in [6, 6.07) is 0. The summed E-state index contributed by atoms with van der Waals surface area (Å²) in [5, 5.41) is 0. The lowest BCUT2D eigenvalue weighted by Gasteiger charge is -2.35. The van der Waals surface area contributed by atoms with Crippen molar-refractivity contribution in [2.24, 2.45) is 0 Å². The molecule has 176 valence electrons. The molecular formula is C20H29FN5O5P. The molecule has 0 aromatic carbocycles. The molecule has 5 atom stereocenters. The molecule has 12 heteroatoms. The minimum Gasteiger partial charge on any atom is -0.473 e. The Morgan fingerprint density at radius 1 is 1.28 bits per heavy atom. The first kappa shape index (κ1) is 22.2. The molecule has 4 heterocycles. The lowest BCUT2D eigenvalue weighted by molar-refractivity contribution is -0.0652. The van der Waals surface area contributed by atoms with Crippen LogP contribution in [0.5, 0.6) is 5.88 Å². The van der Waals surface area contributed by atoms with Crippen molar-refractivity contribution >= 4 is 25.7 Å². The maximum Gasteiger partial charge on any atom is 0.333 e. The second kappa shape index (κ2) is 8.61. The number of ether oxygens (including phenoxy) is 2. The molecule has 32 heavy (non-hydrogen) atoms. The van der Waals surface area contributed by atoms with Crippen LogP contribution in [0.15, 0.2) is 6.33 Å². The highest BCUT2D eigenvalue weighted by Crippen LogP contribution is 2.55. The van der Waals surface area contributed by atoms with E-state index in [1.54, 1.807) is 0 Å². The number of aromatic nitrogens is 4. The Hall–Kier alpha value is -1.65. The van der Waals surface area contributed by atoms with E-state index in [4.69, 9.17) is 28.8 Å². The van der Waals surface area contributed by atoms with Gasteiger partial charge in [-0.05, 0) is 33.6 Å². The Kier molecular flexibility index (Phi) is 5.96. The number of halogens is 1. The first-order valence-electron chi connectivity index (χ1n) is 11.1. The quantitative estimate of drug-likeness (QED) is 0.653. The Morgan fingerprint density at radius 3 is 2.81 bits per heavy atom. The predicted molar refractivity (Wildman–Crippen MR) is 115 cm³/mol. The van der Waals surface area contributed by atoms with Gasteiger partial charge in [-0.15, -0.1) is 0 Å². The van der Waals surface area contributed by atoms with Gasteiger partial charge in [-0.3, -0.25) is 4.57 Å². The van der Waals surface area contributed by atoms with Gasteiger partial charge >= 0.3 is 8.60 Å². The summed E-state index contributed by atoms with van der Waals surface area (Å²) in [4.78, 5) is 12.8. The Morgan fingerprint density at radius 2 is 2.06 bits per heavy atom. The average Bonchev–Trinajstić information content (AvgIpc) is 3.26. The third kappa shape index (κ3) is 4.05. The maximum absolute atomic E-state index is 16.2. The molecule has 3 fully saturated rings. The van der Waals surface area contributed by atoms with Gasteiger partial charge in [0.05, 0.1) is 25.1 Å². The van der Waals surface area contributed by atoms with Crippen molar-refractivity contribution in [3.63, 3.8) is 0 Å². The molecule has 10 nitrogen and oxygen atoms in total. The van der Waals surface area contributed by atoms with Crippen molar-refractivity contribution in [3.05, 3.63) is 6.33 Å². The standard InChI is InChI=1S/C20H29FN5O5P/c1-11(2)28-17-14-16(24-19(22)25-17)26(10-23-14)18-20(3,21)15-13(29-18)9-27-32(31-15)30-12-7-5-4-6-8-12/h10-13,15,18H,4-9H2,1-3H3,(H2,22,24,25)/t13-,15-,18-,20-,32-/m1/s1. The molecule has 0 unspecified atom stereocenters. The van der Waals surface area contributed by atoms with Gasteiger partial charge < -0.3 is 28.8 Å². The molecule has 1 aliphatic carbocycles. The van der Waals surface area contributed by atoms with Crippen LogP contribution < -0.4 is 10.5 Å². The number of nitrogens with zero attached hydrogens (tertiary/aromatic N) is 4. The van der Waals surface area contributed by atoms with E-state index in [0.717, 1.165) is 25.7 Å². The number of hydrogen-bond donors (Lipinski definition) is 1. The maximum atomic E-state index is 16.2. The van der Waals surface area contributed by atoms with E-state index >= 15 is 4.39 Å². The fraction of sp³-hybridized carbons (Fsp3) is 0.750. The van der Waals surface area contributed by atoms with E-state index in [2.05, 4.69) is 15.0 Å². The topological polar surface area (TPSA) is 116 Å². The Labute approximate surface area is 186 Å². The third-order valence-corrected chi connectivity index (χ3v) is 7.25. The first-order chi connectivity index (χ1) is 15.3. The minimum atomic E-state index is -1.88. The molecule has 0 spiro atoms. The summed E-state index contributed by atoms with van der Waals surface area (Å²) < 4.78 is 47.2. The second-order valence-electron chi connectivity index (χ2n) is 8.97. The van der Waals surface area contributed by atoms with Crippen LogP contribution in [-0.2, 0) is 18.3 Å². The molecule has 2 N–H and O–H groups in total. The van der Waals surface area contributed by atoms with Gasteiger partial charge in [0.1, 0.15) is 12.2 Å². The van der Waals surface area contributed by atoms with Gasteiger partial charge in [0, 0.05) is 0 Å². The van der Waals surface area contributed by atoms with Crippen LogP contribution in [0.3, 0.4) is 0 Å².